The molecule has 2 fully saturated rings. The van der Waals surface area contributed by atoms with Crippen LogP contribution in [0.15, 0.2) is 0 Å². The number of rotatable bonds is 7. The number of carbonyl (C=O) groups excluding carboxylic acids is 1. The van der Waals surface area contributed by atoms with Crippen molar-refractivity contribution in [3.05, 3.63) is 0 Å². The smallest absolute Gasteiger partial charge is 0.237 e. The summed E-state index contributed by atoms with van der Waals surface area (Å²) in [6.07, 6.45) is 6.59. The molecule has 0 unspecified atom stereocenters. The first-order valence-electron chi connectivity index (χ1n) is 9.36. The van der Waals surface area contributed by atoms with E-state index < -0.39 is 0 Å². The van der Waals surface area contributed by atoms with Crippen LogP contribution in [0.1, 0.15) is 46.0 Å². The first-order chi connectivity index (χ1) is 11.1. The van der Waals surface area contributed by atoms with Crippen molar-refractivity contribution in [2.75, 3.05) is 46.4 Å². The minimum absolute atomic E-state index is 0.0226. The maximum absolute atomic E-state index is 12.5. The van der Waals surface area contributed by atoms with Crippen LogP contribution >= 0.6 is 0 Å². The highest BCUT2D eigenvalue weighted by Gasteiger charge is 2.29. The van der Waals surface area contributed by atoms with Gasteiger partial charge in [0.25, 0.3) is 0 Å². The summed E-state index contributed by atoms with van der Waals surface area (Å²) in [6, 6.07) is 0.457. The Bertz CT molecular complexity index is 358. The number of carbonyl (C=O) groups is 1. The van der Waals surface area contributed by atoms with Gasteiger partial charge in [-0.3, -0.25) is 14.6 Å². The summed E-state index contributed by atoms with van der Waals surface area (Å²) in [5.74, 6) is 0.901. The second-order valence-corrected chi connectivity index (χ2v) is 7.30. The van der Waals surface area contributed by atoms with E-state index in [1.807, 2.05) is 6.92 Å². The molecular weight excluding hydrogens is 290 g/mol. The summed E-state index contributed by atoms with van der Waals surface area (Å²) in [7, 11) is 1.75. The van der Waals surface area contributed by atoms with E-state index in [9.17, 15) is 4.79 Å². The number of nitrogens with zero attached hydrogens (tertiary/aromatic N) is 2. The SMILES string of the molecule is COCCN1CCN([C@H](C)C(=O)NCC2CCCCC2)C[C@@H]1C. The van der Waals surface area contributed by atoms with Gasteiger partial charge in [-0.2, -0.15) is 0 Å². The Balaban J connectivity index is 1.72. The van der Waals surface area contributed by atoms with Crippen LogP contribution in [0.4, 0.5) is 0 Å². The second-order valence-electron chi connectivity index (χ2n) is 7.30. The van der Waals surface area contributed by atoms with Gasteiger partial charge in [-0.05, 0) is 32.6 Å². The van der Waals surface area contributed by atoms with Gasteiger partial charge in [-0.1, -0.05) is 19.3 Å². The Morgan fingerprint density at radius 3 is 2.65 bits per heavy atom. The van der Waals surface area contributed by atoms with E-state index in [1.54, 1.807) is 7.11 Å². The molecule has 1 saturated heterocycles. The first-order valence-corrected chi connectivity index (χ1v) is 9.36. The molecule has 0 spiro atoms. The molecule has 1 amide bonds. The third-order valence-electron chi connectivity index (χ3n) is 5.60. The molecule has 0 aromatic carbocycles. The van der Waals surface area contributed by atoms with Crippen molar-refractivity contribution in [3.63, 3.8) is 0 Å². The summed E-state index contributed by atoms with van der Waals surface area (Å²) in [4.78, 5) is 17.2. The van der Waals surface area contributed by atoms with Gasteiger partial charge in [0.1, 0.15) is 0 Å². The van der Waals surface area contributed by atoms with Crippen molar-refractivity contribution in [1.29, 1.82) is 0 Å². The van der Waals surface area contributed by atoms with Gasteiger partial charge >= 0.3 is 0 Å². The van der Waals surface area contributed by atoms with Crippen molar-refractivity contribution in [2.24, 2.45) is 5.92 Å². The van der Waals surface area contributed by atoms with Crippen LogP contribution in [0.2, 0.25) is 0 Å². The van der Waals surface area contributed by atoms with Crippen LogP contribution in [-0.4, -0.2) is 74.2 Å². The predicted molar refractivity (Wildman–Crippen MR) is 93.5 cm³/mol. The van der Waals surface area contributed by atoms with E-state index in [2.05, 4.69) is 22.0 Å². The molecule has 1 saturated carbocycles. The van der Waals surface area contributed by atoms with Gasteiger partial charge in [0.15, 0.2) is 0 Å². The van der Waals surface area contributed by atoms with Crippen LogP contribution in [0, 0.1) is 5.92 Å². The quantitative estimate of drug-likeness (QED) is 0.774. The third kappa shape index (κ3) is 5.73. The zero-order chi connectivity index (χ0) is 16.7. The monoisotopic (exact) mass is 325 g/mol. The minimum Gasteiger partial charge on any atom is -0.383 e. The molecule has 1 aliphatic heterocycles. The predicted octanol–water partition coefficient (Wildman–Crippen LogP) is 1.72. The standard InChI is InChI=1S/C18H35N3O2/c1-15-14-21(10-9-20(15)11-12-23-3)16(2)18(22)19-13-17-7-5-4-6-8-17/h15-17H,4-14H2,1-3H3,(H,19,22)/t15-,16+/m0/s1. The Hall–Kier alpha value is -0.650. The number of hydrogen-bond donors (Lipinski definition) is 1. The van der Waals surface area contributed by atoms with Gasteiger partial charge < -0.3 is 10.1 Å². The second kappa shape index (κ2) is 9.60. The zero-order valence-electron chi connectivity index (χ0n) is 15.2. The van der Waals surface area contributed by atoms with Crippen LogP contribution in [0.3, 0.4) is 0 Å². The van der Waals surface area contributed by atoms with E-state index in [-0.39, 0.29) is 11.9 Å². The lowest BCUT2D eigenvalue weighted by atomic mass is 9.89. The van der Waals surface area contributed by atoms with E-state index in [0.717, 1.165) is 39.3 Å². The summed E-state index contributed by atoms with van der Waals surface area (Å²) in [6.45, 7) is 9.86. The lowest BCUT2D eigenvalue weighted by Crippen LogP contribution is -2.57. The Labute approximate surface area is 141 Å². The Morgan fingerprint density at radius 1 is 1.26 bits per heavy atom. The number of hydrogen-bond acceptors (Lipinski definition) is 4. The first kappa shape index (κ1) is 18.7. The van der Waals surface area contributed by atoms with E-state index in [4.69, 9.17) is 4.74 Å². The minimum atomic E-state index is -0.0226. The fourth-order valence-electron chi connectivity index (χ4n) is 3.87. The van der Waals surface area contributed by atoms with Crippen molar-refractivity contribution >= 4 is 5.91 Å². The van der Waals surface area contributed by atoms with Gasteiger partial charge in [0.2, 0.25) is 5.91 Å². The van der Waals surface area contributed by atoms with Crippen LogP contribution < -0.4 is 5.32 Å². The number of piperazine rings is 1. The molecule has 23 heavy (non-hydrogen) atoms. The summed E-state index contributed by atoms with van der Waals surface area (Å²) < 4.78 is 5.18. The largest absolute Gasteiger partial charge is 0.383 e. The van der Waals surface area contributed by atoms with E-state index in [0.29, 0.717) is 12.0 Å². The molecule has 0 radical (unpaired) electrons. The van der Waals surface area contributed by atoms with Crippen molar-refractivity contribution < 1.29 is 9.53 Å². The Morgan fingerprint density at radius 2 is 2.00 bits per heavy atom. The third-order valence-corrected chi connectivity index (χ3v) is 5.60. The van der Waals surface area contributed by atoms with Crippen LogP contribution in [-0.2, 0) is 9.53 Å². The van der Waals surface area contributed by atoms with E-state index in [1.165, 1.54) is 32.1 Å². The summed E-state index contributed by atoms with van der Waals surface area (Å²) in [5.41, 5.74) is 0. The van der Waals surface area contributed by atoms with Gasteiger partial charge in [0, 0.05) is 45.9 Å². The van der Waals surface area contributed by atoms with Gasteiger partial charge in [-0.15, -0.1) is 0 Å². The summed E-state index contributed by atoms with van der Waals surface area (Å²) in [5, 5.41) is 3.20. The average molecular weight is 325 g/mol. The lowest BCUT2D eigenvalue weighted by Gasteiger charge is -2.41. The highest BCUT2D eigenvalue weighted by molar-refractivity contribution is 5.81. The number of methoxy groups -OCH3 is 1. The van der Waals surface area contributed by atoms with Gasteiger partial charge in [0.05, 0.1) is 12.6 Å². The van der Waals surface area contributed by atoms with Gasteiger partial charge in [-0.25, -0.2) is 0 Å². The average Bonchev–Trinajstić information content (AvgIpc) is 2.58. The Kier molecular flexibility index (Phi) is 7.80. The molecule has 134 valence electrons. The normalized spacial score (nSPS) is 26.1. The zero-order valence-corrected chi connectivity index (χ0v) is 15.2. The molecule has 2 atom stereocenters. The fourth-order valence-corrected chi connectivity index (χ4v) is 3.87. The summed E-state index contributed by atoms with van der Waals surface area (Å²) >= 11 is 0. The molecule has 5 heteroatoms. The molecule has 1 heterocycles. The molecule has 0 aromatic heterocycles. The molecule has 0 bridgehead atoms. The molecule has 2 rings (SSSR count). The van der Waals surface area contributed by atoms with E-state index >= 15 is 0 Å². The van der Waals surface area contributed by atoms with Crippen molar-refractivity contribution in [3.8, 4) is 0 Å². The highest BCUT2D eigenvalue weighted by Crippen LogP contribution is 2.22. The van der Waals surface area contributed by atoms with Crippen molar-refractivity contribution in [2.45, 2.75) is 58.0 Å². The number of amides is 1. The molecular formula is C18H35N3O2. The molecule has 5 nitrogen and oxygen atoms in total. The molecule has 1 aliphatic carbocycles. The van der Waals surface area contributed by atoms with Crippen LogP contribution in [0.5, 0.6) is 0 Å². The maximum atomic E-state index is 12.5. The molecule has 1 N–H and O–H groups in total. The lowest BCUT2D eigenvalue weighted by molar-refractivity contribution is -0.127. The van der Waals surface area contributed by atoms with Crippen LogP contribution in [0.25, 0.3) is 0 Å². The number of nitrogens with one attached hydrogen (secondary N) is 1. The number of ether oxygens (including phenoxy) is 1. The topological polar surface area (TPSA) is 44.8 Å². The molecule has 0 aromatic rings. The molecule has 2 aliphatic rings. The fraction of sp³-hybridized carbons (Fsp3) is 0.944. The highest BCUT2D eigenvalue weighted by atomic mass is 16.5. The van der Waals surface area contributed by atoms with Crippen molar-refractivity contribution in [1.82, 2.24) is 15.1 Å². The maximum Gasteiger partial charge on any atom is 0.237 e.